The van der Waals surface area contributed by atoms with Gasteiger partial charge in [0.25, 0.3) is 0 Å². The van der Waals surface area contributed by atoms with Gasteiger partial charge in [-0.2, -0.15) is 0 Å². The number of benzene rings is 2. The number of hydrogen-bond donors (Lipinski definition) is 1. The third kappa shape index (κ3) is 3.36. The quantitative estimate of drug-likeness (QED) is 0.921. The number of hydrogen-bond acceptors (Lipinski definition) is 2. The first-order valence-electron chi connectivity index (χ1n) is 6.77. The molecule has 0 fully saturated rings. The summed E-state index contributed by atoms with van der Waals surface area (Å²) < 4.78 is 13.2. The second-order valence-corrected chi connectivity index (χ2v) is 5.33. The number of nitrogens with zero attached hydrogens (tertiary/aromatic N) is 1. The molecule has 2 aromatic carbocycles. The maximum Gasteiger partial charge on any atom is 0.125 e. The normalized spacial score (nSPS) is 12.2. The van der Waals surface area contributed by atoms with Crippen molar-refractivity contribution in [2.45, 2.75) is 19.9 Å². The maximum absolute atomic E-state index is 13.2. The third-order valence-corrected chi connectivity index (χ3v) is 3.55. The lowest BCUT2D eigenvalue weighted by Gasteiger charge is -2.25. The smallest absolute Gasteiger partial charge is 0.125 e. The van der Waals surface area contributed by atoms with Gasteiger partial charge in [-0.15, -0.1) is 0 Å². The van der Waals surface area contributed by atoms with E-state index in [0.717, 1.165) is 11.3 Å². The molecule has 0 aliphatic heterocycles. The number of likely N-dealkylation sites (N-methyl/N-ethyl adjacent to an activating group) is 1. The molecule has 0 saturated heterocycles. The molecule has 0 aliphatic rings. The number of nitrogens with two attached hydrogens (primary N) is 1. The Morgan fingerprint density at radius 1 is 1.15 bits per heavy atom. The van der Waals surface area contributed by atoms with E-state index in [1.54, 1.807) is 6.07 Å². The molecule has 0 spiro atoms. The zero-order valence-corrected chi connectivity index (χ0v) is 12.2. The molecule has 20 heavy (non-hydrogen) atoms. The van der Waals surface area contributed by atoms with E-state index < -0.39 is 0 Å². The summed E-state index contributed by atoms with van der Waals surface area (Å²) in [6.07, 6.45) is 0. The molecular weight excluding hydrogens is 251 g/mol. The predicted molar refractivity (Wildman–Crippen MR) is 82.5 cm³/mol. The van der Waals surface area contributed by atoms with Crippen LogP contribution in [0.1, 0.15) is 22.7 Å². The summed E-state index contributed by atoms with van der Waals surface area (Å²) in [7, 11) is 1.93. The molecule has 0 aliphatic carbocycles. The van der Waals surface area contributed by atoms with Gasteiger partial charge in [-0.25, -0.2) is 4.39 Å². The Bertz CT molecular complexity index is 595. The molecule has 0 amide bonds. The van der Waals surface area contributed by atoms with Crippen molar-refractivity contribution in [3.63, 3.8) is 0 Å². The van der Waals surface area contributed by atoms with Crippen molar-refractivity contribution in [1.82, 2.24) is 0 Å². The molecule has 106 valence electrons. The minimum atomic E-state index is -0.227. The average Bonchev–Trinajstić information content (AvgIpc) is 2.41. The van der Waals surface area contributed by atoms with Gasteiger partial charge >= 0.3 is 0 Å². The Morgan fingerprint density at radius 2 is 1.90 bits per heavy atom. The van der Waals surface area contributed by atoms with E-state index in [9.17, 15) is 4.39 Å². The van der Waals surface area contributed by atoms with E-state index >= 15 is 0 Å². The largest absolute Gasteiger partial charge is 0.373 e. The Morgan fingerprint density at radius 3 is 2.60 bits per heavy atom. The van der Waals surface area contributed by atoms with Crippen LogP contribution in [0.2, 0.25) is 0 Å². The maximum atomic E-state index is 13.2. The number of halogens is 1. The number of aryl methyl sites for hydroxylation is 2. The fourth-order valence-corrected chi connectivity index (χ4v) is 2.37. The van der Waals surface area contributed by atoms with Gasteiger partial charge in [0.1, 0.15) is 5.82 Å². The van der Waals surface area contributed by atoms with Gasteiger partial charge in [-0.1, -0.05) is 29.8 Å². The van der Waals surface area contributed by atoms with Gasteiger partial charge in [0.2, 0.25) is 0 Å². The Kier molecular flexibility index (Phi) is 4.40. The van der Waals surface area contributed by atoms with Gasteiger partial charge in [-0.05, 0) is 43.2 Å². The molecule has 2 N–H and O–H groups in total. The van der Waals surface area contributed by atoms with Crippen LogP contribution in [-0.2, 0) is 0 Å². The lowest BCUT2D eigenvalue weighted by Crippen LogP contribution is -2.29. The Balaban J connectivity index is 2.15. The minimum absolute atomic E-state index is 0.0943. The van der Waals surface area contributed by atoms with Crippen molar-refractivity contribution < 1.29 is 4.39 Å². The highest BCUT2D eigenvalue weighted by Gasteiger charge is 2.12. The van der Waals surface area contributed by atoms with Crippen LogP contribution in [-0.4, -0.2) is 13.6 Å². The van der Waals surface area contributed by atoms with E-state index in [2.05, 4.69) is 32.0 Å². The summed E-state index contributed by atoms with van der Waals surface area (Å²) in [4.78, 5) is 1.98. The molecular formula is C17H21FN2. The van der Waals surface area contributed by atoms with Crippen molar-refractivity contribution >= 4 is 5.69 Å². The van der Waals surface area contributed by atoms with Crippen molar-refractivity contribution in [3.8, 4) is 0 Å². The molecule has 2 rings (SSSR count). The fourth-order valence-electron chi connectivity index (χ4n) is 2.37. The molecule has 3 heteroatoms. The van der Waals surface area contributed by atoms with Crippen LogP contribution < -0.4 is 10.6 Å². The van der Waals surface area contributed by atoms with Crippen molar-refractivity contribution in [2.24, 2.45) is 5.73 Å². The van der Waals surface area contributed by atoms with Gasteiger partial charge in [-0.3, -0.25) is 0 Å². The summed E-state index contributed by atoms with van der Waals surface area (Å²) in [5.41, 5.74) is 10.7. The zero-order chi connectivity index (χ0) is 14.7. The van der Waals surface area contributed by atoms with Gasteiger partial charge in [0.05, 0.1) is 0 Å². The van der Waals surface area contributed by atoms with Crippen LogP contribution in [0.15, 0.2) is 42.5 Å². The third-order valence-electron chi connectivity index (χ3n) is 3.55. The summed E-state index contributed by atoms with van der Waals surface area (Å²) >= 11 is 0. The van der Waals surface area contributed by atoms with Crippen LogP contribution in [0, 0.1) is 19.7 Å². The van der Waals surface area contributed by atoms with E-state index in [0.29, 0.717) is 6.54 Å². The molecule has 2 aromatic rings. The lowest BCUT2D eigenvalue weighted by molar-refractivity contribution is 0.625. The Hall–Kier alpha value is -1.87. The standard InChI is InChI=1S/C17H21FN2/c1-12-7-8-13(2)16(9-12)17(19)11-20(3)15-6-4-5-14(18)10-15/h4-10,17H,11,19H2,1-3H3. The van der Waals surface area contributed by atoms with Gasteiger partial charge in [0, 0.05) is 25.3 Å². The molecule has 2 nitrogen and oxygen atoms in total. The highest BCUT2D eigenvalue weighted by molar-refractivity contribution is 5.46. The van der Waals surface area contributed by atoms with Gasteiger partial charge < -0.3 is 10.6 Å². The molecule has 1 atom stereocenters. The Labute approximate surface area is 120 Å². The molecule has 0 heterocycles. The molecule has 0 bridgehead atoms. The molecule has 1 unspecified atom stereocenters. The first-order chi connectivity index (χ1) is 9.47. The molecule has 0 saturated carbocycles. The SMILES string of the molecule is Cc1ccc(C)c(C(N)CN(C)c2cccc(F)c2)c1. The van der Waals surface area contributed by atoms with E-state index in [1.807, 2.05) is 18.0 Å². The van der Waals surface area contributed by atoms with Crippen LogP contribution >= 0.6 is 0 Å². The van der Waals surface area contributed by atoms with E-state index in [1.165, 1.54) is 23.3 Å². The monoisotopic (exact) mass is 272 g/mol. The summed E-state index contributed by atoms with van der Waals surface area (Å²) in [5, 5.41) is 0. The van der Waals surface area contributed by atoms with E-state index in [4.69, 9.17) is 5.73 Å². The van der Waals surface area contributed by atoms with Crippen LogP contribution in [0.25, 0.3) is 0 Å². The topological polar surface area (TPSA) is 29.3 Å². The second-order valence-electron chi connectivity index (χ2n) is 5.33. The summed E-state index contributed by atoms with van der Waals surface area (Å²) in [6.45, 7) is 4.77. The fraction of sp³-hybridized carbons (Fsp3) is 0.294. The first kappa shape index (κ1) is 14.5. The average molecular weight is 272 g/mol. The highest BCUT2D eigenvalue weighted by Crippen LogP contribution is 2.21. The van der Waals surface area contributed by atoms with Gasteiger partial charge in [0.15, 0.2) is 0 Å². The second kappa shape index (κ2) is 6.06. The lowest BCUT2D eigenvalue weighted by atomic mass is 9.99. The highest BCUT2D eigenvalue weighted by atomic mass is 19.1. The van der Waals surface area contributed by atoms with Crippen LogP contribution in [0.5, 0.6) is 0 Å². The minimum Gasteiger partial charge on any atom is -0.373 e. The van der Waals surface area contributed by atoms with Crippen molar-refractivity contribution in [3.05, 3.63) is 65.0 Å². The summed E-state index contributed by atoms with van der Waals surface area (Å²) in [6, 6.07) is 12.8. The molecule has 0 radical (unpaired) electrons. The van der Waals surface area contributed by atoms with Crippen molar-refractivity contribution in [2.75, 3.05) is 18.5 Å². The number of rotatable bonds is 4. The first-order valence-corrected chi connectivity index (χ1v) is 6.77. The number of anilines is 1. The van der Waals surface area contributed by atoms with Crippen molar-refractivity contribution in [1.29, 1.82) is 0 Å². The zero-order valence-electron chi connectivity index (χ0n) is 12.2. The van der Waals surface area contributed by atoms with E-state index in [-0.39, 0.29) is 11.9 Å². The van der Waals surface area contributed by atoms with Crippen LogP contribution in [0.4, 0.5) is 10.1 Å². The molecule has 0 aromatic heterocycles. The predicted octanol–water partition coefficient (Wildman–Crippen LogP) is 3.58. The van der Waals surface area contributed by atoms with Crippen LogP contribution in [0.3, 0.4) is 0 Å². The summed E-state index contributed by atoms with van der Waals surface area (Å²) in [5.74, 6) is -0.227.